The summed E-state index contributed by atoms with van der Waals surface area (Å²) < 4.78 is 5.28. The minimum Gasteiger partial charge on any atom is -0.477 e. The Labute approximate surface area is 87.9 Å². The standard InChI is InChI=1S/C11H14O4/c1-7-8(9(12)13)10(14)15-11(7)5-3-2-4-6-11/h2-6H2,1H3,(H,12,13). The highest BCUT2D eigenvalue weighted by molar-refractivity contribution is 6.15. The largest absolute Gasteiger partial charge is 0.477 e. The SMILES string of the molecule is CC1=C(C(=O)O)C(=O)OC12CCCCC2. The van der Waals surface area contributed by atoms with Crippen LogP contribution in [0.5, 0.6) is 0 Å². The van der Waals surface area contributed by atoms with E-state index in [0.717, 1.165) is 32.1 Å². The van der Waals surface area contributed by atoms with Crippen molar-refractivity contribution in [3.05, 3.63) is 11.1 Å². The van der Waals surface area contributed by atoms with Crippen molar-refractivity contribution in [2.24, 2.45) is 0 Å². The normalized spacial score (nSPS) is 24.5. The van der Waals surface area contributed by atoms with Gasteiger partial charge in [-0.3, -0.25) is 0 Å². The van der Waals surface area contributed by atoms with E-state index in [2.05, 4.69) is 0 Å². The monoisotopic (exact) mass is 210 g/mol. The number of carboxylic acid groups (broad SMARTS) is 1. The van der Waals surface area contributed by atoms with E-state index in [1.54, 1.807) is 6.92 Å². The molecule has 1 saturated carbocycles. The van der Waals surface area contributed by atoms with E-state index in [1.165, 1.54) is 0 Å². The molecule has 0 radical (unpaired) electrons. The first-order valence-corrected chi connectivity index (χ1v) is 5.25. The van der Waals surface area contributed by atoms with Crippen LogP contribution in [0.1, 0.15) is 39.0 Å². The molecule has 2 aliphatic rings. The fourth-order valence-electron chi connectivity index (χ4n) is 2.53. The summed E-state index contributed by atoms with van der Waals surface area (Å²) in [5.41, 5.74) is -0.139. The molecule has 0 saturated heterocycles. The maximum Gasteiger partial charge on any atom is 0.346 e. The van der Waals surface area contributed by atoms with Crippen LogP contribution in [0.3, 0.4) is 0 Å². The summed E-state index contributed by atoms with van der Waals surface area (Å²) in [5, 5.41) is 8.91. The van der Waals surface area contributed by atoms with Gasteiger partial charge in [-0.2, -0.15) is 0 Å². The summed E-state index contributed by atoms with van der Waals surface area (Å²) >= 11 is 0. The molecule has 0 bridgehead atoms. The van der Waals surface area contributed by atoms with Gasteiger partial charge in [-0.25, -0.2) is 9.59 Å². The molecule has 0 atom stereocenters. The maximum absolute atomic E-state index is 11.4. The molecule has 0 unspecified atom stereocenters. The predicted octanol–water partition coefficient (Wildman–Crippen LogP) is 1.65. The van der Waals surface area contributed by atoms with Crippen LogP contribution in [0.4, 0.5) is 0 Å². The second-order valence-corrected chi connectivity index (χ2v) is 4.25. The Balaban J connectivity index is 2.38. The van der Waals surface area contributed by atoms with Crippen LogP contribution < -0.4 is 0 Å². The highest BCUT2D eigenvalue weighted by Crippen LogP contribution is 2.43. The second-order valence-electron chi connectivity index (χ2n) is 4.25. The van der Waals surface area contributed by atoms with Crippen LogP contribution in [-0.2, 0) is 14.3 Å². The van der Waals surface area contributed by atoms with E-state index in [-0.39, 0.29) is 5.57 Å². The van der Waals surface area contributed by atoms with E-state index in [4.69, 9.17) is 9.84 Å². The van der Waals surface area contributed by atoms with Gasteiger partial charge in [0, 0.05) is 0 Å². The number of rotatable bonds is 1. The van der Waals surface area contributed by atoms with Crippen LogP contribution in [0.2, 0.25) is 0 Å². The third-order valence-electron chi connectivity index (χ3n) is 3.43. The summed E-state index contributed by atoms with van der Waals surface area (Å²) in [4.78, 5) is 22.3. The van der Waals surface area contributed by atoms with Gasteiger partial charge >= 0.3 is 11.9 Å². The Morgan fingerprint density at radius 2 is 1.93 bits per heavy atom. The Bertz CT molecular complexity index is 348. The zero-order valence-corrected chi connectivity index (χ0v) is 8.71. The van der Waals surface area contributed by atoms with Gasteiger partial charge in [0.2, 0.25) is 0 Å². The number of esters is 1. The summed E-state index contributed by atoms with van der Waals surface area (Å²) in [6, 6.07) is 0. The number of hydrogen-bond acceptors (Lipinski definition) is 3. The number of hydrogen-bond donors (Lipinski definition) is 1. The van der Waals surface area contributed by atoms with Crippen molar-refractivity contribution in [2.75, 3.05) is 0 Å². The number of carboxylic acids is 1. The van der Waals surface area contributed by atoms with Gasteiger partial charge in [-0.1, -0.05) is 6.42 Å². The lowest BCUT2D eigenvalue weighted by Crippen LogP contribution is -2.33. The average molecular weight is 210 g/mol. The average Bonchev–Trinajstić information content (AvgIpc) is 2.40. The van der Waals surface area contributed by atoms with Crippen molar-refractivity contribution in [3.8, 4) is 0 Å². The van der Waals surface area contributed by atoms with E-state index < -0.39 is 17.5 Å². The predicted molar refractivity (Wildman–Crippen MR) is 52.2 cm³/mol. The summed E-state index contributed by atoms with van der Waals surface area (Å²) in [5.74, 6) is -1.83. The molecule has 1 aliphatic carbocycles. The van der Waals surface area contributed by atoms with Crippen molar-refractivity contribution in [2.45, 2.75) is 44.6 Å². The summed E-state index contributed by atoms with van der Waals surface area (Å²) in [7, 11) is 0. The van der Waals surface area contributed by atoms with Crippen LogP contribution >= 0.6 is 0 Å². The fourth-order valence-corrected chi connectivity index (χ4v) is 2.53. The molecular weight excluding hydrogens is 196 g/mol. The zero-order valence-electron chi connectivity index (χ0n) is 8.71. The quantitative estimate of drug-likeness (QED) is 0.528. The molecule has 1 N–H and O–H groups in total. The molecule has 2 rings (SSSR count). The molecule has 0 aromatic rings. The first-order chi connectivity index (χ1) is 7.07. The number of carbonyl (C=O) groups excluding carboxylic acids is 1. The third kappa shape index (κ3) is 1.44. The molecule has 1 fully saturated rings. The van der Waals surface area contributed by atoms with Crippen molar-refractivity contribution < 1.29 is 19.4 Å². The van der Waals surface area contributed by atoms with Gasteiger partial charge in [0.25, 0.3) is 0 Å². The second kappa shape index (κ2) is 3.36. The van der Waals surface area contributed by atoms with Crippen LogP contribution in [0.15, 0.2) is 11.1 Å². The van der Waals surface area contributed by atoms with Gasteiger partial charge in [0.15, 0.2) is 0 Å². The third-order valence-corrected chi connectivity index (χ3v) is 3.43. The molecule has 15 heavy (non-hydrogen) atoms. The maximum atomic E-state index is 11.4. The van der Waals surface area contributed by atoms with Crippen molar-refractivity contribution in [1.29, 1.82) is 0 Å². The molecular formula is C11H14O4. The molecule has 4 nitrogen and oxygen atoms in total. The molecule has 1 aliphatic heterocycles. The lowest BCUT2D eigenvalue weighted by molar-refractivity contribution is -0.151. The Kier molecular flexibility index (Phi) is 2.29. The summed E-state index contributed by atoms with van der Waals surface area (Å²) in [6.07, 6.45) is 4.66. The van der Waals surface area contributed by atoms with Crippen molar-refractivity contribution >= 4 is 11.9 Å². The van der Waals surface area contributed by atoms with Crippen LogP contribution in [-0.4, -0.2) is 22.6 Å². The van der Waals surface area contributed by atoms with Crippen molar-refractivity contribution in [1.82, 2.24) is 0 Å². The minimum atomic E-state index is -1.17. The topological polar surface area (TPSA) is 63.6 Å². The molecule has 82 valence electrons. The molecule has 0 amide bonds. The van der Waals surface area contributed by atoms with E-state index >= 15 is 0 Å². The van der Waals surface area contributed by atoms with E-state index in [1.807, 2.05) is 0 Å². The van der Waals surface area contributed by atoms with Gasteiger partial charge < -0.3 is 9.84 Å². The molecule has 0 aromatic carbocycles. The van der Waals surface area contributed by atoms with Crippen molar-refractivity contribution in [3.63, 3.8) is 0 Å². The molecule has 4 heteroatoms. The fraction of sp³-hybridized carbons (Fsp3) is 0.636. The van der Waals surface area contributed by atoms with Crippen LogP contribution in [0, 0.1) is 0 Å². The molecule has 0 aromatic heterocycles. The first-order valence-electron chi connectivity index (χ1n) is 5.25. The Hall–Kier alpha value is -1.32. The van der Waals surface area contributed by atoms with Gasteiger partial charge in [0.05, 0.1) is 0 Å². The molecule has 1 heterocycles. The Morgan fingerprint density at radius 1 is 1.33 bits per heavy atom. The number of ether oxygens (including phenoxy) is 1. The molecule has 1 spiro atoms. The Morgan fingerprint density at radius 3 is 2.40 bits per heavy atom. The highest BCUT2D eigenvalue weighted by atomic mass is 16.6. The first kappa shape index (κ1) is 10.2. The number of aliphatic carboxylic acids is 1. The van der Waals surface area contributed by atoms with Crippen LogP contribution in [0.25, 0.3) is 0 Å². The van der Waals surface area contributed by atoms with Gasteiger partial charge in [-0.15, -0.1) is 0 Å². The zero-order chi connectivity index (χ0) is 11.1. The van der Waals surface area contributed by atoms with E-state index in [0.29, 0.717) is 5.57 Å². The lowest BCUT2D eigenvalue weighted by atomic mass is 9.79. The smallest absolute Gasteiger partial charge is 0.346 e. The van der Waals surface area contributed by atoms with Gasteiger partial charge in [0.1, 0.15) is 11.2 Å². The van der Waals surface area contributed by atoms with Gasteiger partial charge in [-0.05, 0) is 38.2 Å². The summed E-state index contributed by atoms with van der Waals surface area (Å²) in [6.45, 7) is 1.71. The lowest BCUT2D eigenvalue weighted by Gasteiger charge is -2.33. The highest BCUT2D eigenvalue weighted by Gasteiger charge is 2.47. The minimum absolute atomic E-state index is 0.156. The number of carbonyl (C=O) groups is 2. The van der Waals surface area contributed by atoms with E-state index in [9.17, 15) is 9.59 Å².